The Balaban J connectivity index is 2.42. The fourth-order valence-electron chi connectivity index (χ4n) is 1.82. The first-order valence-electron chi connectivity index (χ1n) is 6.57. The molecule has 0 saturated heterocycles. The summed E-state index contributed by atoms with van der Waals surface area (Å²) in [4.78, 5) is 22.9. The van der Waals surface area contributed by atoms with Crippen LogP contribution >= 0.6 is 11.3 Å². The number of amides is 1. The number of hydrogen-bond donors (Lipinski definition) is 1. The highest BCUT2D eigenvalue weighted by Gasteiger charge is 2.25. The highest BCUT2D eigenvalue weighted by molar-refractivity contribution is 7.15. The third-order valence-electron chi connectivity index (χ3n) is 2.77. The number of carbonyl (C=O) groups excluding carboxylic acids is 1. The van der Waals surface area contributed by atoms with E-state index in [9.17, 15) is 14.9 Å². The zero-order chi connectivity index (χ0) is 17.0. The number of carbonyl (C=O) groups is 1. The van der Waals surface area contributed by atoms with Gasteiger partial charge in [-0.25, -0.2) is 0 Å². The maximum absolute atomic E-state index is 12.3. The van der Waals surface area contributed by atoms with Crippen LogP contribution in [0.15, 0.2) is 12.1 Å². The second kappa shape index (κ2) is 7.01. The highest BCUT2D eigenvalue weighted by Crippen LogP contribution is 2.35. The van der Waals surface area contributed by atoms with E-state index in [-0.39, 0.29) is 27.9 Å². The number of ether oxygens (including phenoxy) is 2. The summed E-state index contributed by atoms with van der Waals surface area (Å²) < 4.78 is 10.4. The molecule has 0 atom stereocenters. The molecule has 1 aromatic heterocycles. The maximum atomic E-state index is 12.3. The number of nitro benzene ring substituents is 1. The lowest BCUT2D eigenvalue weighted by molar-refractivity contribution is -0.385. The SMILES string of the molecule is CCOc1cc([N+](=O)[O-])c(C(=O)Nc2nnc(C)s2)cc1OC. The summed E-state index contributed by atoms with van der Waals surface area (Å²) in [5.41, 5.74) is -0.531. The molecule has 0 fully saturated rings. The fourth-order valence-corrected chi connectivity index (χ4v) is 2.41. The average molecular weight is 338 g/mol. The molecule has 0 radical (unpaired) electrons. The number of anilines is 1. The van der Waals surface area contributed by atoms with Crippen molar-refractivity contribution >= 4 is 28.1 Å². The standard InChI is InChI=1S/C13H14N4O5S/c1-4-22-11-6-9(17(19)20)8(5-10(11)21-3)12(18)14-13-16-15-7(2)23-13/h5-6H,4H2,1-3H3,(H,14,16,18). The molecule has 1 amide bonds. The zero-order valence-corrected chi connectivity index (χ0v) is 13.5. The van der Waals surface area contributed by atoms with Crippen LogP contribution in [-0.2, 0) is 0 Å². The van der Waals surface area contributed by atoms with Crippen LogP contribution < -0.4 is 14.8 Å². The smallest absolute Gasteiger partial charge is 0.286 e. The van der Waals surface area contributed by atoms with E-state index in [2.05, 4.69) is 15.5 Å². The van der Waals surface area contributed by atoms with Gasteiger partial charge < -0.3 is 9.47 Å². The largest absolute Gasteiger partial charge is 0.493 e. The van der Waals surface area contributed by atoms with Gasteiger partial charge in [0.15, 0.2) is 11.5 Å². The minimum absolute atomic E-state index is 0.150. The number of nitro groups is 1. The van der Waals surface area contributed by atoms with Crippen molar-refractivity contribution in [3.8, 4) is 11.5 Å². The first kappa shape index (κ1) is 16.6. The van der Waals surface area contributed by atoms with Gasteiger partial charge in [-0.05, 0) is 13.8 Å². The molecule has 0 aliphatic heterocycles. The average Bonchev–Trinajstić information content (AvgIpc) is 2.92. The third-order valence-corrected chi connectivity index (χ3v) is 3.52. The van der Waals surface area contributed by atoms with E-state index in [0.717, 1.165) is 0 Å². The van der Waals surface area contributed by atoms with Crippen LogP contribution in [0.3, 0.4) is 0 Å². The minimum atomic E-state index is -0.672. The molecular formula is C13H14N4O5S. The summed E-state index contributed by atoms with van der Waals surface area (Å²) in [5.74, 6) is -0.241. The van der Waals surface area contributed by atoms with Crippen molar-refractivity contribution in [2.75, 3.05) is 19.0 Å². The Kier molecular flexibility index (Phi) is 5.06. The Morgan fingerprint density at radius 1 is 1.39 bits per heavy atom. The van der Waals surface area contributed by atoms with Crippen LogP contribution in [0.4, 0.5) is 10.8 Å². The lowest BCUT2D eigenvalue weighted by Crippen LogP contribution is -2.14. The molecule has 2 aromatic rings. The van der Waals surface area contributed by atoms with Crippen molar-refractivity contribution in [3.05, 3.63) is 32.8 Å². The molecule has 0 bridgehead atoms. The summed E-state index contributed by atoms with van der Waals surface area (Å²) >= 11 is 1.17. The highest BCUT2D eigenvalue weighted by atomic mass is 32.1. The first-order chi connectivity index (χ1) is 11.0. The van der Waals surface area contributed by atoms with Crippen LogP contribution in [0.1, 0.15) is 22.3 Å². The predicted octanol–water partition coefficient (Wildman–Crippen LogP) is 2.41. The summed E-state index contributed by atoms with van der Waals surface area (Å²) in [7, 11) is 1.39. The third kappa shape index (κ3) is 3.72. The number of benzene rings is 1. The van der Waals surface area contributed by atoms with Gasteiger partial charge in [-0.15, -0.1) is 10.2 Å². The Hall–Kier alpha value is -2.75. The van der Waals surface area contributed by atoms with E-state index in [4.69, 9.17) is 9.47 Å². The van der Waals surface area contributed by atoms with Gasteiger partial charge in [0.2, 0.25) is 5.13 Å². The van der Waals surface area contributed by atoms with Crippen molar-refractivity contribution in [2.45, 2.75) is 13.8 Å². The van der Waals surface area contributed by atoms with Crippen molar-refractivity contribution in [3.63, 3.8) is 0 Å². The van der Waals surface area contributed by atoms with Gasteiger partial charge in [0, 0.05) is 6.07 Å². The molecule has 1 aromatic carbocycles. The molecule has 0 spiro atoms. The van der Waals surface area contributed by atoms with Crippen LogP contribution in [0.25, 0.3) is 0 Å². The second-order valence-corrected chi connectivity index (χ2v) is 5.47. The molecule has 0 aliphatic carbocycles. The van der Waals surface area contributed by atoms with Crippen molar-refractivity contribution in [1.29, 1.82) is 0 Å². The molecule has 10 heteroatoms. The predicted molar refractivity (Wildman–Crippen MR) is 83.4 cm³/mol. The van der Waals surface area contributed by atoms with Gasteiger partial charge >= 0.3 is 0 Å². The molecular weight excluding hydrogens is 324 g/mol. The Morgan fingerprint density at radius 3 is 2.65 bits per heavy atom. The number of nitrogens with one attached hydrogen (secondary N) is 1. The molecule has 0 unspecified atom stereocenters. The minimum Gasteiger partial charge on any atom is -0.493 e. The monoisotopic (exact) mass is 338 g/mol. The maximum Gasteiger partial charge on any atom is 0.286 e. The molecule has 0 aliphatic rings. The van der Waals surface area contributed by atoms with E-state index in [1.165, 1.54) is 30.6 Å². The molecule has 1 heterocycles. The summed E-state index contributed by atoms with van der Waals surface area (Å²) in [6.07, 6.45) is 0. The normalized spacial score (nSPS) is 10.2. The number of aryl methyl sites for hydroxylation is 1. The van der Waals surface area contributed by atoms with Crippen LogP contribution in [-0.4, -0.2) is 34.7 Å². The van der Waals surface area contributed by atoms with Crippen molar-refractivity contribution in [1.82, 2.24) is 10.2 Å². The van der Waals surface area contributed by atoms with Crippen LogP contribution in [0.2, 0.25) is 0 Å². The summed E-state index contributed by atoms with van der Waals surface area (Å²) in [5, 5.41) is 22.2. The van der Waals surface area contributed by atoms with Crippen LogP contribution in [0.5, 0.6) is 11.5 Å². The zero-order valence-electron chi connectivity index (χ0n) is 12.7. The Labute approximate surface area is 135 Å². The quantitative estimate of drug-likeness (QED) is 0.635. The molecule has 9 nitrogen and oxygen atoms in total. The number of hydrogen-bond acceptors (Lipinski definition) is 8. The van der Waals surface area contributed by atoms with Crippen molar-refractivity contribution in [2.24, 2.45) is 0 Å². The number of rotatable bonds is 6. The van der Waals surface area contributed by atoms with E-state index in [1.54, 1.807) is 13.8 Å². The fraction of sp³-hybridized carbons (Fsp3) is 0.308. The number of aromatic nitrogens is 2. The lowest BCUT2D eigenvalue weighted by Gasteiger charge is -2.11. The van der Waals surface area contributed by atoms with Crippen LogP contribution in [0, 0.1) is 17.0 Å². The number of methoxy groups -OCH3 is 1. The molecule has 23 heavy (non-hydrogen) atoms. The van der Waals surface area contributed by atoms with E-state index in [0.29, 0.717) is 11.6 Å². The number of nitrogens with zero attached hydrogens (tertiary/aromatic N) is 3. The van der Waals surface area contributed by atoms with Gasteiger partial charge in [0.05, 0.1) is 24.7 Å². The van der Waals surface area contributed by atoms with Gasteiger partial charge in [-0.3, -0.25) is 20.2 Å². The summed E-state index contributed by atoms with van der Waals surface area (Å²) in [6.45, 7) is 3.78. The lowest BCUT2D eigenvalue weighted by atomic mass is 10.1. The van der Waals surface area contributed by atoms with Gasteiger partial charge in [0.1, 0.15) is 10.6 Å². The summed E-state index contributed by atoms with van der Waals surface area (Å²) in [6, 6.07) is 2.44. The van der Waals surface area contributed by atoms with E-state index >= 15 is 0 Å². The van der Waals surface area contributed by atoms with E-state index in [1.807, 2.05) is 0 Å². The first-order valence-corrected chi connectivity index (χ1v) is 7.38. The second-order valence-electron chi connectivity index (χ2n) is 4.29. The molecule has 0 saturated carbocycles. The van der Waals surface area contributed by atoms with Gasteiger partial charge in [-0.1, -0.05) is 11.3 Å². The topological polar surface area (TPSA) is 116 Å². The molecule has 1 N–H and O–H groups in total. The molecule has 122 valence electrons. The van der Waals surface area contributed by atoms with Crippen molar-refractivity contribution < 1.29 is 19.2 Å². The van der Waals surface area contributed by atoms with Gasteiger partial charge in [0.25, 0.3) is 11.6 Å². The van der Waals surface area contributed by atoms with Gasteiger partial charge in [-0.2, -0.15) is 0 Å². The Morgan fingerprint density at radius 2 is 2.13 bits per heavy atom. The molecule has 2 rings (SSSR count). The Bertz CT molecular complexity index is 746. The van der Waals surface area contributed by atoms with E-state index < -0.39 is 10.8 Å².